The van der Waals surface area contributed by atoms with Crippen molar-refractivity contribution in [1.29, 1.82) is 0 Å². The number of benzene rings is 2. The third-order valence-corrected chi connectivity index (χ3v) is 3.50. The van der Waals surface area contributed by atoms with Gasteiger partial charge in [-0.25, -0.2) is 4.39 Å². The molecule has 0 aliphatic heterocycles. The third kappa shape index (κ3) is 3.04. The summed E-state index contributed by atoms with van der Waals surface area (Å²) in [6, 6.07) is 13.0. The number of hydrogen-bond acceptors (Lipinski definition) is 0. The Balaban J connectivity index is 2.22. The smallest absolute Gasteiger partial charge is 0.146 e. The van der Waals surface area contributed by atoms with Crippen LogP contribution >= 0.6 is 23.2 Å². The molecule has 0 aliphatic carbocycles. The van der Waals surface area contributed by atoms with E-state index in [-0.39, 0.29) is 5.02 Å². The summed E-state index contributed by atoms with van der Waals surface area (Å²) in [6.45, 7) is 2.02. The molecule has 2 aromatic carbocycles. The van der Waals surface area contributed by atoms with Gasteiger partial charge in [-0.15, -0.1) is 11.6 Å². The summed E-state index contributed by atoms with van der Waals surface area (Å²) >= 11 is 12.0. The zero-order chi connectivity index (χ0) is 13.1. The highest BCUT2D eigenvalue weighted by Gasteiger charge is 2.15. The Bertz CT molecular complexity index is 552. The molecule has 0 radical (unpaired) electrons. The normalized spacial score (nSPS) is 12.4. The SMILES string of the molecule is Cc1cccc(CC(Cl)c2cccc(Cl)c2F)c1. The Kier molecular flexibility index (Phi) is 4.26. The predicted octanol–water partition coefficient (Wildman–Crippen LogP) is 5.31. The first-order chi connectivity index (χ1) is 8.58. The van der Waals surface area contributed by atoms with Gasteiger partial charge in [0, 0.05) is 5.56 Å². The molecule has 0 aromatic heterocycles. The van der Waals surface area contributed by atoms with Crippen LogP contribution in [0.15, 0.2) is 42.5 Å². The average Bonchev–Trinajstić information content (AvgIpc) is 2.32. The van der Waals surface area contributed by atoms with Gasteiger partial charge in [-0.3, -0.25) is 0 Å². The Labute approximate surface area is 116 Å². The highest BCUT2D eigenvalue weighted by molar-refractivity contribution is 6.31. The van der Waals surface area contributed by atoms with Crippen molar-refractivity contribution in [2.45, 2.75) is 18.7 Å². The van der Waals surface area contributed by atoms with E-state index in [1.165, 1.54) is 11.6 Å². The van der Waals surface area contributed by atoms with E-state index < -0.39 is 11.2 Å². The van der Waals surface area contributed by atoms with Gasteiger partial charge in [-0.05, 0) is 25.0 Å². The van der Waals surface area contributed by atoms with E-state index in [0.717, 1.165) is 5.56 Å². The van der Waals surface area contributed by atoms with Crippen LogP contribution < -0.4 is 0 Å². The Morgan fingerprint density at radius 3 is 2.61 bits per heavy atom. The molecule has 0 nitrogen and oxygen atoms in total. The average molecular weight is 283 g/mol. The van der Waals surface area contributed by atoms with Crippen molar-refractivity contribution in [3.63, 3.8) is 0 Å². The van der Waals surface area contributed by atoms with E-state index in [2.05, 4.69) is 6.07 Å². The lowest BCUT2D eigenvalue weighted by atomic mass is 10.0. The maximum absolute atomic E-state index is 13.8. The van der Waals surface area contributed by atoms with Crippen LogP contribution in [-0.4, -0.2) is 0 Å². The van der Waals surface area contributed by atoms with E-state index >= 15 is 0 Å². The lowest BCUT2D eigenvalue weighted by Gasteiger charge is -2.12. The van der Waals surface area contributed by atoms with Crippen LogP contribution in [0.5, 0.6) is 0 Å². The first kappa shape index (κ1) is 13.4. The largest absolute Gasteiger partial charge is 0.205 e. The molecule has 0 saturated heterocycles. The molecule has 1 atom stereocenters. The van der Waals surface area contributed by atoms with Crippen LogP contribution in [0.2, 0.25) is 5.02 Å². The monoisotopic (exact) mass is 282 g/mol. The molecule has 3 heteroatoms. The molecule has 1 unspecified atom stereocenters. The molecule has 0 spiro atoms. The molecule has 0 amide bonds. The molecule has 94 valence electrons. The fourth-order valence-corrected chi connectivity index (χ4v) is 2.45. The maximum Gasteiger partial charge on any atom is 0.146 e. The van der Waals surface area contributed by atoms with Crippen LogP contribution in [0.3, 0.4) is 0 Å². The third-order valence-electron chi connectivity index (χ3n) is 2.82. The minimum Gasteiger partial charge on any atom is -0.205 e. The molecule has 2 aromatic rings. The number of rotatable bonds is 3. The van der Waals surface area contributed by atoms with Gasteiger partial charge in [-0.1, -0.05) is 53.6 Å². The van der Waals surface area contributed by atoms with E-state index in [1.807, 2.05) is 25.1 Å². The first-order valence-corrected chi connectivity index (χ1v) is 6.53. The molecular formula is C15H13Cl2F. The standard InChI is InChI=1S/C15H13Cl2F/c1-10-4-2-5-11(8-10)9-14(17)12-6-3-7-13(16)15(12)18/h2-8,14H,9H2,1H3. The van der Waals surface area contributed by atoms with Crippen molar-refractivity contribution in [1.82, 2.24) is 0 Å². The number of alkyl halides is 1. The molecular weight excluding hydrogens is 270 g/mol. The molecule has 0 bridgehead atoms. The predicted molar refractivity (Wildman–Crippen MR) is 74.9 cm³/mol. The van der Waals surface area contributed by atoms with Crippen LogP contribution in [0, 0.1) is 12.7 Å². The van der Waals surface area contributed by atoms with Gasteiger partial charge in [0.05, 0.1) is 10.4 Å². The van der Waals surface area contributed by atoms with Gasteiger partial charge in [0.1, 0.15) is 5.82 Å². The van der Waals surface area contributed by atoms with Crippen molar-refractivity contribution in [3.8, 4) is 0 Å². The number of hydrogen-bond donors (Lipinski definition) is 0. The van der Waals surface area contributed by atoms with E-state index in [1.54, 1.807) is 12.1 Å². The van der Waals surface area contributed by atoms with Crippen molar-refractivity contribution in [3.05, 3.63) is 70.0 Å². The number of halogens is 3. The summed E-state index contributed by atoms with van der Waals surface area (Å²) < 4.78 is 13.8. The molecule has 0 aliphatic rings. The Morgan fingerprint density at radius 2 is 1.89 bits per heavy atom. The topological polar surface area (TPSA) is 0 Å². The number of aryl methyl sites for hydroxylation is 1. The van der Waals surface area contributed by atoms with Gasteiger partial charge in [-0.2, -0.15) is 0 Å². The van der Waals surface area contributed by atoms with Crippen molar-refractivity contribution in [2.75, 3.05) is 0 Å². The van der Waals surface area contributed by atoms with Crippen molar-refractivity contribution >= 4 is 23.2 Å². The lowest BCUT2D eigenvalue weighted by molar-refractivity contribution is 0.606. The second kappa shape index (κ2) is 5.73. The Morgan fingerprint density at radius 1 is 1.17 bits per heavy atom. The molecule has 0 saturated carbocycles. The molecule has 18 heavy (non-hydrogen) atoms. The molecule has 0 heterocycles. The van der Waals surface area contributed by atoms with Gasteiger partial charge in [0.25, 0.3) is 0 Å². The van der Waals surface area contributed by atoms with Crippen LogP contribution in [0.25, 0.3) is 0 Å². The lowest BCUT2D eigenvalue weighted by Crippen LogP contribution is -1.99. The highest BCUT2D eigenvalue weighted by Crippen LogP contribution is 2.30. The molecule has 0 N–H and O–H groups in total. The fourth-order valence-electron chi connectivity index (χ4n) is 1.92. The molecule has 2 rings (SSSR count). The summed E-state index contributed by atoms with van der Waals surface area (Å²) in [5, 5.41) is -0.298. The summed E-state index contributed by atoms with van der Waals surface area (Å²) in [5.41, 5.74) is 2.71. The summed E-state index contributed by atoms with van der Waals surface area (Å²) in [5.74, 6) is -0.424. The first-order valence-electron chi connectivity index (χ1n) is 5.71. The Hall–Kier alpha value is -1.05. The second-order valence-electron chi connectivity index (χ2n) is 4.30. The van der Waals surface area contributed by atoms with Crippen molar-refractivity contribution in [2.24, 2.45) is 0 Å². The van der Waals surface area contributed by atoms with Crippen molar-refractivity contribution < 1.29 is 4.39 Å². The summed E-state index contributed by atoms with van der Waals surface area (Å²) in [7, 11) is 0. The van der Waals surface area contributed by atoms with Gasteiger partial charge >= 0.3 is 0 Å². The van der Waals surface area contributed by atoms with E-state index in [0.29, 0.717) is 12.0 Å². The van der Waals surface area contributed by atoms with E-state index in [4.69, 9.17) is 23.2 Å². The van der Waals surface area contributed by atoms with Crippen LogP contribution in [0.1, 0.15) is 22.1 Å². The van der Waals surface area contributed by atoms with Crippen LogP contribution in [0.4, 0.5) is 4.39 Å². The van der Waals surface area contributed by atoms with E-state index in [9.17, 15) is 4.39 Å². The summed E-state index contributed by atoms with van der Waals surface area (Å²) in [6.07, 6.45) is 0.584. The maximum atomic E-state index is 13.8. The zero-order valence-electron chi connectivity index (χ0n) is 9.96. The zero-order valence-corrected chi connectivity index (χ0v) is 11.5. The minimum atomic E-state index is -0.424. The summed E-state index contributed by atoms with van der Waals surface area (Å²) in [4.78, 5) is 0. The van der Waals surface area contributed by atoms with Crippen LogP contribution in [-0.2, 0) is 6.42 Å². The molecule has 0 fully saturated rings. The fraction of sp³-hybridized carbons (Fsp3) is 0.200. The quantitative estimate of drug-likeness (QED) is 0.669. The highest BCUT2D eigenvalue weighted by atomic mass is 35.5. The second-order valence-corrected chi connectivity index (χ2v) is 5.24. The van der Waals surface area contributed by atoms with Gasteiger partial charge in [0.2, 0.25) is 0 Å². The minimum absolute atomic E-state index is 0.113. The van der Waals surface area contributed by atoms with Gasteiger partial charge in [0.15, 0.2) is 0 Å². The van der Waals surface area contributed by atoms with Gasteiger partial charge < -0.3 is 0 Å².